The van der Waals surface area contributed by atoms with E-state index in [2.05, 4.69) is 6.92 Å². The van der Waals surface area contributed by atoms with Gasteiger partial charge in [0.05, 0.1) is 0 Å². The van der Waals surface area contributed by atoms with Crippen LogP contribution in [0.2, 0.25) is 0 Å². The first-order valence-electron chi connectivity index (χ1n) is 5.19. The third-order valence-corrected chi connectivity index (χ3v) is 3.23. The molecule has 2 heteroatoms. The molecule has 0 aliphatic heterocycles. The Balaban J connectivity index is 2.21. The molecule has 1 N–H and O–H groups in total. The van der Waals surface area contributed by atoms with Crippen molar-refractivity contribution in [1.29, 1.82) is 0 Å². The number of phenolic OH excluding ortho intramolecular Hbond substituents is 1. The summed E-state index contributed by atoms with van der Waals surface area (Å²) in [5.41, 5.74) is 1.05. The van der Waals surface area contributed by atoms with E-state index in [0.717, 1.165) is 11.3 Å². The van der Waals surface area contributed by atoms with E-state index in [4.69, 9.17) is 0 Å². The van der Waals surface area contributed by atoms with E-state index in [0.29, 0.717) is 5.75 Å². The quantitative estimate of drug-likeness (QED) is 0.720. The van der Waals surface area contributed by atoms with Gasteiger partial charge in [0.15, 0.2) is 0 Å². The SMILES string of the molecule is CCCCCSCc1ccccc1O. The highest BCUT2D eigenvalue weighted by Gasteiger charge is 1.98. The molecule has 1 rings (SSSR count). The van der Waals surface area contributed by atoms with Gasteiger partial charge in [-0.1, -0.05) is 38.0 Å². The Kier molecular flexibility index (Phi) is 5.53. The minimum atomic E-state index is 0.426. The van der Waals surface area contributed by atoms with Crippen LogP contribution >= 0.6 is 11.8 Å². The largest absolute Gasteiger partial charge is 0.508 e. The van der Waals surface area contributed by atoms with E-state index < -0.39 is 0 Å². The molecule has 0 unspecified atom stereocenters. The third kappa shape index (κ3) is 4.05. The maximum Gasteiger partial charge on any atom is 0.119 e. The zero-order valence-corrected chi connectivity index (χ0v) is 9.52. The Morgan fingerprint density at radius 1 is 1.21 bits per heavy atom. The van der Waals surface area contributed by atoms with Crippen LogP contribution in [-0.4, -0.2) is 10.9 Å². The van der Waals surface area contributed by atoms with Crippen molar-refractivity contribution in [1.82, 2.24) is 0 Å². The van der Waals surface area contributed by atoms with Gasteiger partial charge in [-0.15, -0.1) is 0 Å². The number of phenols is 1. The number of para-hydroxylation sites is 1. The smallest absolute Gasteiger partial charge is 0.119 e. The Hall–Kier alpha value is -0.630. The summed E-state index contributed by atoms with van der Waals surface area (Å²) in [5.74, 6) is 2.55. The van der Waals surface area contributed by atoms with Crippen LogP contribution in [0.3, 0.4) is 0 Å². The van der Waals surface area contributed by atoms with Crippen LogP contribution in [0.5, 0.6) is 5.75 Å². The lowest BCUT2D eigenvalue weighted by Gasteiger charge is -2.03. The van der Waals surface area contributed by atoms with Crippen molar-refractivity contribution in [3.63, 3.8) is 0 Å². The fourth-order valence-corrected chi connectivity index (χ4v) is 2.29. The number of unbranched alkanes of at least 4 members (excludes halogenated alkanes) is 2. The Bertz CT molecular complexity index is 260. The zero-order chi connectivity index (χ0) is 10.2. The summed E-state index contributed by atoms with van der Waals surface area (Å²) in [5, 5.41) is 9.50. The van der Waals surface area contributed by atoms with E-state index >= 15 is 0 Å². The molecule has 1 nitrogen and oxygen atoms in total. The van der Waals surface area contributed by atoms with Crippen molar-refractivity contribution in [3.05, 3.63) is 29.8 Å². The Morgan fingerprint density at radius 2 is 2.00 bits per heavy atom. The number of benzene rings is 1. The lowest BCUT2D eigenvalue weighted by Crippen LogP contribution is -1.84. The van der Waals surface area contributed by atoms with Crippen molar-refractivity contribution in [3.8, 4) is 5.75 Å². The van der Waals surface area contributed by atoms with E-state index in [9.17, 15) is 5.11 Å². The highest BCUT2D eigenvalue weighted by Crippen LogP contribution is 2.22. The van der Waals surface area contributed by atoms with E-state index in [1.165, 1.54) is 25.0 Å². The molecular weight excluding hydrogens is 192 g/mol. The molecule has 1 aromatic rings. The topological polar surface area (TPSA) is 20.2 Å². The summed E-state index contributed by atoms with van der Waals surface area (Å²) in [6.07, 6.45) is 3.87. The van der Waals surface area contributed by atoms with E-state index in [1.54, 1.807) is 6.07 Å². The van der Waals surface area contributed by atoms with Crippen molar-refractivity contribution in [2.75, 3.05) is 5.75 Å². The molecule has 0 aliphatic rings. The van der Waals surface area contributed by atoms with Gasteiger partial charge < -0.3 is 5.11 Å². The standard InChI is InChI=1S/C12H18OS/c1-2-3-6-9-14-10-11-7-4-5-8-12(11)13/h4-5,7-8,13H,2-3,6,9-10H2,1H3. The second-order valence-corrected chi connectivity index (χ2v) is 4.49. The van der Waals surface area contributed by atoms with Crippen LogP contribution in [0, 0.1) is 0 Å². The predicted molar refractivity (Wildman–Crippen MR) is 63.8 cm³/mol. The average molecular weight is 210 g/mol. The maximum absolute atomic E-state index is 9.50. The second-order valence-electron chi connectivity index (χ2n) is 3.39. The first-order valence-corrected chi connectivity index (χ1v) is 6.34. The first kappa shape index (κ1) is 11.4. The molecule has 0 atom stereocenters. The van der Waals surface area contributed by atoms with Crippen LogP contribution in [0.25, 0.3) is 0 Å². The van der Waals surface area contributed by atoms with Crippen LogP contribution in [0.4, 0.5) is 0 Å². The summed E-state index contributed by atoms with van der Waals surface area (Å²) in [6, 6.07) is 7.58. The van der Waals surface area contributed by atoms with Crippen LogP contribution in [0.1, 0.15) is 31.7 Å². The highest BCUT2D eigenvalue weighted by molar-refractivity contribution is 7.98. The monoisotopic (exact) mass is 210 g/mol. The average Bonchev–Trinajstić information content (AvgIpc) is 2.20. The molecular formula is C12H18OS. The number of hydrogen-bond acceptors (Lipinski definition) is 2. The van der Waals surface area contributed by atoms with Crippen LogP contribution in [0.15, 0.2) is 24.3 Å². The molecule has 0 aromatic heterocycles. The first-order chi connectivity index (χ1) is 6.84. The van der Waals surface area contributed by atoms with Crippen molar-refractivity contribution >= 4 is 11.8 Å². The summed E-state index contributed by atoms with van der Waals surface area (Å²) in [4.78, 5) is 0. The fourth-order valence-electron chi connectivity index (χ4n) is 1.27. The van der Waals surface area contributed by atoms with Gasteiger partial charge in [-0.05, 0) is 18.2 Å². The minimum absolute atomic E-state index is 0.426. The van der Waals surface area contributed by atoms with Crippen molar-refractivity contribution in [2.45, 2.75) is 31.9 Å². The Morgan fingerprint density at radius 3 is 2.71 bits per heavy atom. The molecule has 0 fully saturated rings. The Labute approximate surface area is 90.5 Å². The molecule has 0 bridgehead atoms. The molecule has 0 saturated carbocycles. The van der Waals surface area contributed by atoms with Gasteiger partial charge in [0.2, 0.25) is 0 Å². The van der Waals surface area contributed by atoms with E-state index in [1.807, 2.05) is 30.0 Å². The molecule has 78 valence electrons. The van der Waals surface area contributed by atoms with Gasteiger partial charge in [0.25, 0.3) is 0 Å². The molecule has 0 saturated heterocycles. The van der Waals surface area contributed by atoms with Crippen molar-refractivity contribution < 1.29 is 5.11 Å². The summed E-state index contributed by atoms with van der Waals surface area (Å²) < 4.78 is 0. The normalized spacial score (nSPS) is 10.4. The minimum Gasteiger partial charge on any atom is -0.508 e. The molecule has 0 amide bonds. The highest BCUT2D eigenvalue weighted by atomic mass is 32.2. The molecule has 0 heterocycles. The summed E-state index contributed by atoms with van der Waals surface area (Å²) in [7, 11) is 0. The lowest BCUT2D eigenvalue weighted by atomic mass is 10.2. The molecule has 0 spiro atoms. The molecule has 14 heavy (non-hydrogen) atoms. The van der Waals surface area contributed by atoms with Crippen molar-refractivity contribution in [2.24, 2.45) is 0 Å². The van der Waals surface area contributed by atoms with Gasteiger partial charge in [0, 0.05) is 11.3 Å². The van der Waals surface area contributed by atoms with Gasteiger partial charge in [-0.2, -0.15) is 11.8 Å². The zero-order valence-electron chi connectivity index (χ0n) is 8.70. The number of rotatable bonds is 6. The molecule has 0 aliphatic carbocycles. The van der Waals surface area contributed by atoms with Gasteiger partial charge in [0.1, 0.15) is 5.75 Å². The van der Waals surface area contributed by atoms with Gasteiger partial charge >= 0.3 is 0 Å². The summed E-state index contributed by atoms with van der Waals surface area (Å²) in [6.45, 7) is 2.22. The summed E-state index contributed by atoms with van der Waals surface area (Å²) >= 11 is 1.90. The number of thioether (sulfide) groups is 1. The van der Waals surface area contributed by atoms with Crippen LogP contribution < -0.4 is 0 Å². The number of aromatic hydroxyl groups is 1. The molecule has 0 radical (unpaired) electrons. The second kappa shape index (κ2) is 6.77. The maximum atomic E-state index is 9.50. The van der Waals surface area contributed by atoms with E-state index in [-0.39, 0.29) is 0 Å². The van der Waals surface area contributed by atoms with Gasteiger partial charge in [-0.3, -0.25) is 0 Å². The van der Waals surface area contributed by atoms with Gasteiger partial charge in [-0.25, -0.2) is 0 Å². The van der Waals surface area contributed by atoms with Crippen LogP contribution in [-0.2, 0) is 5.75 Å². The predicted octanol–water partition coefficient (Wildman–Crippen LogP) is 3.82. The fraction of sp³-hybridized carbons (Fsp3) is 0.500. The number of hydrogen-bond donors (Lipinski definition) is 1. The lowest BCUT2D eigenvalue weighted by molar-refractivity contribution is 0.470. The third-order valence-electron chi connectivity index (χ3n) is 2.14. The molecule has 1 aromatic carbocycles.